The lowest BCUT2D eigenvalue weighted by Gasteiger charge is -2.28. The second-order valence-electron chi connectivity index (χ2n) is 5.75. The Morgan fingerprint density at radius 2 is 2.13 bits per heavy atom. The van der Waals surface area contributed by atoms with E-state index in [2.05, 4.69) is 27.7 Å². The Morgan fingerprint density at radius 3 is 2.53 bits per heavy atom. The molecule has 2 atom stereocenters. The summed E-state index contributed by atoms with van der Waals surface area (Å²) in [6.07, 6.45) is 1.02. The summed E-state index contributed by atoms with van der Waals surface area (Å²) in [5.41, 5.74) is 0.175. The molecule has 0 aromatic heterocycles. The van der Waals surface area contributed by atoms with Gasteiger partial charge in [0.1, 0.15) is 0 Å². The highest BCUT2D eigenvalue weighted by molar-refractivity contribution is 5.76. The van der Waals surface area contributed by atoms with E-state index in [0.717, 1.165) is 13.0 Å². The average Bonchev–Trinajstić information content (AvgIpc) is 2.50. The summed E-state index contributed by atoms with van der Waals surface area (Å²) in [4.78, 5) is 13.6. The molecule has 1 rings (SSSR count). The molecule has 3 nitrogen and oxygen atoms in total. The van der Waals surface area contributed by atoms with Crippen LogP contribution in [0.5, 0.6) is 0 Å². The Labute approximate surface area is 92.5 Å². The molecule has 1 fully saturated rings. The van der Waals surface area contributed by atoms with Gasteiger partial charge >= 0.3 is 0 Å². The first-order valence-electron chi connectivity index (χ1n) is 5.76. The number of hydrogen-bond donors (Lipinski definition) is 1. The van der Waals surface area contributed by atoms with Crippen molar-refractivity contribution in [2.24, 2.45) is 11.3 Å². The second-order valence-corrected chi connectivity index (χ2v) is 5.75. The number of aliphatic hydroxyl groups excluding tert-OH is 1. The number of rotatable bonds is 2. The van der Waals surface area contributed by atoms with Crippen LogP contribution in [0, 0.1) is 11.3 Å². The van der Waals surface area contributed by atoms with Gasteiger partial charge in [-0.1, -0.05) is 27.7 Å². The van der Waals surface area contributed by atoms with E-state index < -0.39 is 0 Å². The molecule has 1 saturated heterocycles. The quantitative estimate of drug-likeness (QED) is 0.757. The van der Waals surface area contributed by atoms with E-state index in [-0.39, 0.29) is 17.4 Å². The van der Waals surface area contributed by atoms with Gasteiger partial charge in [-0.25, -0.2) is 0 Å². The first-order chi connectivity index (χ1) is 6.80. The number of likely N-dealkylation sites (tertiary alicyclic amines) is 1. The fourth-order valence-electron chi connectivity index (χ4n) is 1.67. The Bertz CT molecular complexity index is 232. The molecule has 0 aromatic carbocycles. The molecule has 88 valence electrons. The molecular weight excluding hydrogens is 190 g/mol. The van der Waals surface area contributed by atoms with Crippen molar-refractivity contribution in [3.8, 4) is 0 Å². The van der Waals surface area contributed by atoms with Crippen LogP contribution in [0.2, 0.25) is 0 Å². The molecule has 0 spiro atoms. The molecule has 1 heterocycles. The van der Waals surface area contributed by atoms with Crippen molar-refractivity contribution >= 4 is 5.91 Å². The van der Waals surface area contributed by atoms with Crippen LogP contribution in [-0.2, 0) is 4.79 Å². The molecule has 0 radical (unpaired) electrons. The topological polar surface area (TPSA) is 40.5 Å². The molecule has 0 saturated carbocycles. The summed E-state index contributed by atoms with van der Waals surface area (Å²) in [5.74, 6) is 0.566. The van der Waals surface area contributed by atoms with Crippen LogP contribution in [-0.4, -0.2) is 35.1 Å². The highest BCUT2D eigenvalue weighted by Gasteiger charge is 2.28. The lowest BCUT2D eigenvalue weighted by Crippen LogP contribution is -2.33. The zero-order chi connectivity index (χ0) is 11.6. The van der Waals surface area contributed by atoms with Gasteiger partial charge in [-0.15, -0.1) is 0 Å². The fraction of sp³-hybridized carbons (Fsp3) is 0.917. The number of carbonyl (C=O) groups excluding carboxylic acids is 1. The number of hydrogen-bond acceptors (Lipinski definition) is 2. The van der Waals surface area contributed by atoms with E-state index in [1.807, 2.05) is 0 Å². The van der Waals surface area contributed by atoms with Crippen molar-refractivity contribution in [3.05, 3.63) is 0 Å². The third kappa shape index (κ3) is 3.49. The summed E-state index contributed by atoms with van der Waals surface area (Å²) < 4.78 is 0. The standard InChI is InChI=1S/C12H23NO2/c1-9(12(2,3)4)7-11(15)13-6-5-10(14)8-13/h9-10,14H,5-8H2,1-4H3. The zero-order valence-corrected chi connectivity index (χ0v) is 10.3. The van der Waals surface area contributed by atoms with Crippen LogP contribution in [0.3, 0.4) is 0 Å². The van der Waals surface area contributed by atoms with Gasteiger partial charge < -0.3 is 10.0 Å². The summed E-state index contributed by atoms with van der Waals surface area (Å²) in [7, 11) is 0. The molecule has 0 bridgehead atoms. The molecule has 0 aromatic rings. The van der Waals surface area contributed by atoms with Crippen LogP contribution >= 0.6 is 0 Å². The average molecular weight is 213 g/mol. The van der Waals surface area contributed by atoms with E-state index in [4.69, 9.17) is 0 Å². The molecule has 2 unspecified atom stereocenters. The maximum Gasteiger partial charge on any atom is 0.222 e. The summed E-state index contributed by atoms with van der Waals surface area (Å²) >= 11 is 0. The third-order valence-corrected chi connectivity index (χ3v) is 3.48. The van der Waals surface area contributed by atoms with Gasteiger partial charge in [0.15, 0.2) is 0 Å². The number of carbonyl (C=O) groups is 1. The van der Waals surface area contributed by atoms with Crippen molar-refractivity contribution in [2.45, 2.75) is 46.6 Å². The highest BCUT2D eigenvalue weighted by atomic mass is 16.3. The largest absolute Gasteiger partial charge is 0.391 e. The molecule has 1 aliphatic heterocycles. The molecule has 1 N–H and O–H groups in total. The predicted molar refractivity (Wildman–Crippen MR) is 60.4 cm³/mol. The number of amides is 1. The Balaban J connectivity index is 2.42. The van der Waals surface area contributed by atoms with Crippen LogP contribution in [0.15, 0.2) is 0 Å². The summed E-state index contributed by atoms with van der Waals surface area (Å²) in [6.45, 7) is 9.83. The van der Waals surface area contributed by atoms with Crippen molar-refractivity contribution < 1.29 is 9.90 Å². The minimum atomic E-state index is -0.307. The predicted octanol–water partition coefficient (Wildman–Crippen LogP) is 1.65. The monoisotopic (exact) mass is 213 g/mol. The Kier molecular flexibility index (Phi) is 3.77. The summed E-state index contributed by atoms with van der Waals surface area (Å²) in [6, 6.07) is 0. The van der Waals surface area contributed by atoms with Gasteiger partial charge in [0.05, 0.1) is 6.10 Å². The van der Waals surface area contributed by atoms with E-state index in [1.165, 1.54) is 0 Å². The Morgan fingerprint density at radius 1 is 1.53 bits per heavy atom. The maximum absolute atomic E-state index is 11.9. The SMILES string of the molecule is CC(CC(=O)N1CCC(O)C1)C(C)(C)C. The van der Waals surface area contributed by atoms with Gasteiger partial charge in [-0.3, -0.25) is 4.79 Å². The second kappa shape index (κ2) is 4.52. The maximum atomic E-state index is 11.9. The van der Waals surface area contributed by atoms with Crippen molar-refractivity contribution in [2.75, 3.05) is 13.1 Å². The normalized spacial score (nSPS) is 24.3. The molecule has 1 amide bonds. The van der Waals surface area contributed by atoms with Crippen LogP contribution in [0.25, 0.3) is 0 Å². The van der Waals surface area contributed by atoms with Gasteiger partial charge in [-0.2, -0.15) is 0 Å². The lowest BCUT2D eigenvalue weighted by atomic mass is 9.80. The van der Waals surface area contributed by atoms with Gasteiger partial charge in [0.25, 0.3) is 0 Å². The van der Waals surface area contributed by atoms with Crippen LogP contribution in [0.1, 0.15) is 40.5 Å². The van der Waals surface area contributed by atoms with Crippen molar-refractivity contribution in [1.29, 1.82) is 0 Å². The van der Waals surface area contributed by atoms with Gasteiger partial charge in [-0.05, 0) is 17.8 Å². The molecule has 1 aliphatic rings. The van der Waals surface area contributed by atoms with Crippen LogP contribution < -0.4 is 0 Å². The lowest BCUT2D eigenvalue weighted by molar-refractivity contribution is -0.132. The Hall–Kier alpha value is -0.570. The zero-order valence-electron chi connectivity index (χ0n) is 10.3. The van der Waals surface area contributed by atoms with Gasteiger partial charge in [0.2, 0.25) is 5.91 Å². The number of aliphatic hydroxyl groups is 1. The smallest absolute Gasteiger partial charge is 0.222 e. The minimum absolute atomic E-state index is 0.175. The first kappa shape index (κ1) is 12.5. The molecule has 15 heavy (non-hydrogen) atoms. The molecule has 0 aliphatic carbocycles. The van der Waals surface area contributed by atoms with E-state index in [9.17, 15) is 9.90 Å². The molecule has 3 heteroatoms. The summed E-state index contributed by atoms with van der Waals surface area (Å²) in [5, 5.41) is 9.35. The molecular formula is C12H23NO2. The number of nitrogens with zero attached hydrogens (tertiary/aromatic N) is 1. The van der Waals surface area contributed by atoms with Crippen molar-refractivity contribution in [3.63, 3.8) is 0 Å². The van der Waals surface area contributed by atoms with E-state index in [1.54, 1.807) is 4.90 Å². The van der Waals surface area contributed by atoms with E-state index in [0.29, 0.717) is 18.9 Å². The highest BCUT2D eigenvalue weighted by Crippen LogP contribution is 2.28. The van der Waals surface area contributed by atoms with Crippen LogP contribution in [0.4, 0.5) is 0 Å². The van der Waals surface area contributed by atoms with Gasteiger partial charge in [0, 0.05) is 19.5 Å². The number of β-amino-alcohol motifs (C(OH)–C–C–N with tert-alkyl or cyclic N) is 1. The van der Waals surface area contributed by atoms with E-state index >= 15 is 0 Å². The minimum Gasteiger partial charge on any atom is -0.391 e. The van der Waals surface area contributed by atoms with Crippen molar-refractivity contribution in [1.82, 2.24) is 4.90 Å². The first-order valence-corrected chi connectivity index (χ1v) is 5.76. The third-order valence-electron chi connectivity index (χ3n) is 3.48. The fourth-order valence-corrected chi connectivity index (χ4v) is 1.67.